The molecule has 1 aromatic carbocycles. The van der Waals surface area contributed by atoms with Crippen molar-refractivity contribution >= 4 is 17.9 Å². The van der Waals surface area contributed by atoms with Crippen LogP contribution in [0.5, 0.6) is 11.5 Å². The molecule has 0 fully saturated rings. The minimum Gasteiger partial charge on any atom is -0.480 e. The Kier molecular flexibility index (Phi) is 6.71. The number of para-hydroxylation sites is 1. The van der Waals surface area contributed by atoms with Gasteiger partial charge >= 0.3 is 17.9 Å². The number of carbonyl (C=O) groups excluding carboxylic acids is 1. The fraction of sp³-hybridized carbons (Fsp3) is 0.316. The van der Waals surface area contributed by atoms with Crippen molar-refractivity contribution in [2.45, 2.75) is 38.8 Å². The Labute approximate surface area is 166 Å². The Morgan fingerprint density at radius 2 is 1.90 bits per heavy atom. The highest BCUT2D eigenvalue weighted by Crippen LogP contribution is 2.26. The molecule has 1 unspecified atom stereocenters. The summed E-state index contributed by atoms with van der Waals surface area (Å²) in [7, 11) is 0. The van der Waals surface area contributed by atoms with Crippen molar-refractivity contribution in [2.75, 3.05) is 0 Å². The van der Waals surface area contributed by atoms with Crippen LogP contribution in [0.2, 0.25) is 0 Å². The number of aliphatic carboxylic acids is 1. The fourth-order valence-electron chi connectivity index (χ4n) is 2.35. The zero-order valence-electron chi connectivity index (χ0n) is 16.1. The second kappa shape index (κ2) is 9.00. The van der Waals surface area contributed by atoms with E-state index in [0.717, 1.165) is 0 Å². The Balaban J connectivity index is 2.26. The van der Waals surface area contributed by atoms with Gasteiger partial charge < -0.3 is 30.0 Å². The maximum absolute atomic E-state index is 11.9. The topological polar surface area (TPSA) is 141 Å². The van der Waals surface area contributed by atoms with Crippen molar-refractivity contribution in [1.29, 1.82) is 0 Å². The van der Waals surface area contributed by atoms with Crippen molar-refractivity contribution in [3.8, 4) is 11.5 Å². The molecule has 1 heterocycles. The summed E-state index contributed by atoms with van der Waals surface area (Å²) in [6.45, 7) is 4.88. The lowest BCUT2D eigenvalue weighted by Crippen LogP contribution is -2.44. The number of nitrogens with zero attached hydrogens (tertiary/aromatic N) is 2. The molecule has 2 rings (SSSR count). The van der Waals surface area contributed by atoms with Crippen molar-refractivity contribution in [1.82, 2.24) is 10.3 Å². The fourth-order valence-corrected chi connectivity index (χ4v) is 2.35. The summed E-state index contributed by atoms with van der Waals surface area (Å²) >= 11 is 0. The molecular formula is C19H21N3O7. The number of pyridine rings is 1. The second-order valence-corrected chi connectivity index (χ2v) is 7.07. The summed E-state index contributed by atoms with van der Waals surface area (Å²) in [5, 5.41) is 22.9. The van der Waals surface area contributed by atoms with Gasteiger partial charge in [-0.1, -0.05) is 18.2 Å². The number of ether oxygens (including phenoxy) is 2. The highest BCUT2D eigenvalue weighted by atomic mass is 16.6. The van der Waals surface area contributed by atoms with Crippen LogP contribution in [0.1, 0.15) is 26.3 Å². The maximum atomic E-state index is 11.9. The van der Waals surface area contributed by atoms with Crippen LogP contribution < -0.4 is 10.1 Å². The number of hydrogen-bond donors (Lipinski definition) is 2. The average Bonchev–Trinajstić information content (AvgIpc) is 2.60. The van der Waals surface area contributed by atoms with Crippen LogP contribution in [-0.2, 0) is 16.0 Å². The van der Waals surface area contributed by atoms with Gasteiger partial charge in [0.25, 0.3) is 0 Å². The van der Waals surface area contributed by atoms with Gasteiger partial charge in [-0.25, -0.2) is 9.59 Å². The molecule has 0 saturated heterocycles. The minimum absolute atomic E-state index is 0.00751. The summed E-state index contributed by atoms with van der Waals surface area (Å²) in [5.74, 6) is -1.23. The molecule has 0 saturated carbocycles. The predicted octanol–water partition coefficient (Wildman–Crippen LogP) is 3.30. The zero-order chi connectivity index (χ0) is 21.6. The number of nitro groups is 1. The monoisotopic (exact) mass is 403 g/mol. The van der Waals surface area contributed by atoms with E-state index in [1.807, 2.05) is 0 Å². The molecule has 1 amide bonds. The Morgan fingerprint density at radius 1 is 1.24 bits per heavy atom. The van der Waals surface area contributed by atoms with E-state index in [1.54, 1.807) is 51.1 Å². The second-order valence-electron chi connectivity index (χ2n) is 7.07. The normalized spacial score (nSPS) is 12.0. The first kappa shape index (κ1) is 21.6. The number of aromatic nitrogens is 1. The number of benzene rings is 1. The summed E-state index contributed by atoms with van der Waals surface area (Å²) < 4.78 is 10.6. The van der Waals surface area contributed by atoms with Gasteiger partial charge in [0.2, 0.25) is 0 Å². The van der Waals surface area contributed by atoms with Crippen molar-refractivity contribution in [3.05, 3.63) is 58.3 Å². The molecule has 0 aliphatic heterocycles. The van der Waals surface area contributed by atoms with E-state index in [9.17, 15) is 24.8 Å². The third-order valence-corrected chi connectivity index (χ3v) is 3.48. The van der Waals surface area contributed by atoms with E-state index < -0.39 is 34.4 Å². The van der Waals surface area contributed by atoms with Gasteiger partial charge in [0.15, 0.2) is 11.9 Å². The lowest BCUT2D eigenvalue weighted by Gasteiger charge is -2.22. The summed E-state index contributed by atoms with van der Waals surface area (Å²) in [6.07, 6.45) is -0.160. The molecule has 0 spiro atoms. The molecule has 10 nitrogen and oxygen atoms in total. The third kappa shape index (κ3) is 6.76. The molecule has 1 atom stereocenters. The molecule has 0 bridgehead atoms. The Hall–Kier alpha value is -3.69. The van der Waals surface area contributed by atoms with Gasteiger partial charge in [-0.15, -0.1) is 0 Å². The number of nitrogens with one attached hydrogen (secondary N) is 1. The van der Waals surface area contributed by atoms with Crippen LogP contribution in [0.15, 0.2) is 42.6 Å². The summed E-state index contributed by atoms with van der Waals surface area (Å²) in [4.78, 5) is 37.8. The van der Waals surface area contributed by atoms with Gasteiger partial charge in [-0.05, 0) is 48.9 Å². The Morgan fingerprint density at radius 3 is 2.45 bits per heavy atom. The zero-order valence-corrected chi connectivity index (χ0v) is 16.1. The molecule has 2 N–H and O–H groups in total. The van der Waals surface area contributed by atoms with Crippen LogP contribution in [0.4, 0.5) is 10.6 Å². The highest BCUT2D eigenvalue weighted by Gasteiger charge is 2.28. The summed E-state index contributed by atoms with van der Waals surface area (Å²) in [5.41, 5.74) is -0.837. The van der Waals surface area contributed by atoms with Crippen molar-refractivity contribution in [2.24, 2.45) is 0 Å². The maximum Gasteiger partial charge on any atom is 0.408 e. The smallest absolute Gasteiger partial charge is 0.408 e. The number of carboxylic acid groups (broad SMARTS) is 1. The molecular weight excluding hydrogens is 382 g/mol. The first-order chi connectivity index (χ1) is 13.5. The van der Waals surface area contributed by atoms with Crippen molar-refractivity contribution in [3.63, 3.8) is 0 Å². The van der Waals surface area contributed by atoms with Crippen LogP contribution in [0.25, 0.3) is 0 Å². The largest absolute Gasteiger partial charge is 0.480 e. The quantitative estimate of drug-likeness (QED) is 0.530. The van der Waals surface area contributed by atoms with Gasteiger partial charge in [-0.3, -0.25) is 0 Å². The molecule has 0 aliphatic carbocycles. The predicted molar refractivity (Wildman–Crippen MR) is 102 cm³/mol. The molecule has 1 aromatic heterocycles. The number of rotatable bonds is 7. The number of amides is 1. The molecule has 2 aromatic rings. The lowest BCUT2D eigenvalue weighted by molar-refractivity contribution is -0.390. The van der Waals surface area contributed by atoms with E-state index in [1.165, 1.54) is 12.3 Å². The van der Waals surface area contributed by atoms with E-state index in [0.29, 0.717) is 5.75 Å². The van der Waals surface area contributed by atoms with Crippen LogP contribution in [-0.4, -0.2) is 38.7 Å². The van der Waals surface area contributed by atoms with Crippen LogP contribution in [0, 0.1) is 10.1 Å². The standard InChI is InChI=1S/C19H21N3O7/c1-19(2,3)29-18(25)21-15(17(23)24)10-12-9-14(11-20-16(12)22(26)27)28-13-7-5-4-6-8-13/h4-9,11,15H,10H2,1-3H3,(H,21,25)(H,23,24). The third-order valence-electron chi connectivity index (χ3n) is 3.48. The molecule has 10 heteroatoms. The lowest BCUT2D eigenvalue weighted by atomic mass is 10.1. The highest BCUT2D eigenvalue weighted by molar-refractivity contribution is 5.80. The molecule has 154 valence electrons. The first-order valence-corrected chi connectivity index (χ1v) is 8.63. The summed E-state index contributed by atoms with van der Waals surface area (Å²) in [6, 6.07) is 8.53. The molecule has 0 aliphatic rings. The molecule has 29 heavy (non-hydrogen) atoms. The van der Waals surface area contributed by atoms with E-state index >= 15 is 0 Å². The van der Waals surface area contributed by atoms with Gasteiger partial charge in [-0.2, -0.15) is 0 Å². The van der Waals surface area contributed by atoms with Gasteiger partial charge in [0, 0.05) is 6.42 Å². The van der Waals surface area contributed by atoms with Gasteiger partial charge in [0.1, 0.15) is 17.4 Å². The van der Waals surface area contributed by atoms with E-state index in [-0.39, 0.29) is 17.7 Å². The number of hydrogen-bond acceptors (Lipinski definition) is 7. The number of carboxylic acids is 1. The SMILES string of the molecule is CC(C)(C)OC(=O)NC(Cc1cc(Oc2ccccc2)cnc1[N+](=O)[O-])C(=O)O. The average molecular weight is 403 g/mol. The minimum atomic E-state index is -1.46. The first-order valence-electron chi connectivity index (χ1n) is 8.63. The number of alkyl carbamates (subject to hydrolysis) is 1. The van der Waals surface area contributed by atoms with Crippen molar-refractivity contribution < 1.29 is 29.1 Å². The van der Waals surface area contributed by atoms with Crippen LogP contribution in [0.3, 0.4) is 0 Å². The number of carbonyl (C=O) groups is 2. The molecule has 0 radical (unpaired) electrons. The van der Waals surface area contributed by atoms with E-state index in [2.05, 4.69) is 10.3 Å². The Bertz CT molecular complexity index is 894. The van der Waals surface area contributed by atoms with Crippen LogP contribution >= 0.6 is 0 Å². The van der Waals surface area contributed by atoms with Gasteiger partial charge in [0.05, 0.1) is 5.56 Å². The van der Waals surface area contributed by atoms with E-state index in [4.69, 9.17) is 9.47 Å².